The molecule has 0 aromatic carbocycles. The lowest BCUT2D eigenvalue weighted by atomic mass is 9.86. The van der Waals surface area contributed by atoms with Crippen molar-refractivity contribution in [2.24, 2.45) is 5.92 Å². The van der Waals surface area contributed by atoms with Crippen molar-refractivity contribution in [3.05, 3.63) is 0 Å². The van der Waals surface area contributed by atoms with Gasteiger partial charge in [0.25, 0.3) is 0 Å². The Morgan fingerprint density at radius 1 is 1.20 bits per heavy atom. The largest absolute Gasteiger partial charge is 0.481 e. The smallest absolute Gasteiger partial charge is 0.308 e. The van der Waals surface area contributed by atoms with Crippen LogP contribution >= 0.6 is 0 Å². The first kappa shape index (κ1) is 17.0. The van der Waals surface area contributed by atoms with E-state index in [-0.39, 0.29) is 18.1 Å². The minimum Gasteiger partial charge on any atom is -0.481 e. The normalized spacial score (nSPS) is 23.9. The molecule has 2 N–H and O–H groups in total. The molecule has 0 radical (unpaired) electrons. The lowest BCUT2D eigenvalue weighted by Crippen LogP contribution is -2.44. The zero-order chi connectivity index (χ0) is 15.0. The molecule has 0 aromatic heterocycles. The van der Waals surface area contributed by atoms with Gasteiger partial charge in [0.2, 0.25) is 5.91 Å². The first-order chi connectivity index (χ1) is 9.50. The molecular weight excluding hydrogens is 258 g/mol. The highest BCUT2D eigenvalue weighted by Crippen LogP contribution is 2.23. The molecule has 1 rings (SSSR count). The van der Waals surface area contributed by atoms with Crippen LogP contribution in [0.5, 0.6) is 0 Å². The zero-order valence-electron chi connectivity index (χ0n) is 12.6. The summed E-state index contributed by atoms with van der Waals surface area (Å²) in [7, 11) is 0. The Morgan fingerprint density at radius 2 is 1.85 bits per heavy atom. The first-order valence-corrected chi connectivity index (χ1v) is 7.64. The van der Waals surface area contributed by atoms with E-state index in [1.165, 1.54) is 0 Å². The summed E-state index contributed by atoms with van der Waals surface area (Å²) in [5, 5.41) is 12.2. The molecule has 5 heteroatoms. The Hall–Kier alpha value is -1.10. The van der Waals surface area contributed by atoms with Gasteiger partial charge in [0, 0.05) is 12.5 Å². The summed E-state index contributed by atoms with van der Waals surface area (Å²) in [5.74, 6) is -1.36. The summed E-state index contributed by atoms with van der Waals surface area (Å²) in [6.45, 7) is 4.23. The number of aliphatic carboxylic acids is 1. The number of hydrogen-bond donors (Lipinski definition) is 2. The summed E-state index contributed by atoms with van der Waals surface area (Å²) in [6, 6.07) is -0.237. The average Bonchev–Trinajstić information content (AvgIpc) is 2.31. The molecule has 2 atom stereocenters. The molecular formula is C15H27NO4. The lowest BCUT2D eigenvalue weighted by Gasteiger charge is -2.27. The highest BCUT2D eigenvalue weighted by atomic mass is 16.5. The summed E-state index contributed by atoms with van der Waals surface area (Å²) in [4.78, 5) is 23.2. The van der Waals surface area contributed by atoms with Crippen molar-refractivity contribution >= 4 is 11.9 Å². The number of carbonyl (C=O) groups is 2. The van der Waals surface area contributed by atoms with Crippen molar-refractivity contribution in [1.82, 2.24) is 5.32 Å². The van der Waals surface area contributed by atoms with Crippen LogP contribution in [0.1, 0.15) is 58.8 Å². The van der Waals surface area contributed by atoms with E-state index in [9.17, 15) is 14.7 Å². The van der Waals surface area contributed by atoms with Gasteiger partial charge in [-0.15, -0.1) is 0 Å². The standard InChI is InChI=1S/C15H27NO4/c1-11(2)20-10-9-14(17)16-13-8-6-4-3-5-7-12(13)15(18)19/h11-13H,3-10H2,1-2H3,(H,16,17)(H,18,19). The molecule has 0 spiro atoms. The van der Waals surface area contributed by atoms with Gasteiger partial charge in [-0.05, 0) is 26.7 Å². The Balaban J connectivity index is 2.46. The number of nitrogens with one attached hydrogen (secondary N) is 1. The van der Waals surface area contributed by atoms with Crippen LogP contribution in [0, 0.1) is 5.92 Å². The van der Waals surface area contributed by atoms with Crippen molar-refractivity contribution in [2.45, 2.75) is 70.9 Å². The predicted molar refractivity (Wildman–Crippen MR) is 76.5 cm³/mol. The Labute approximate surface area is 121 Å². The van der Waals surface area contributed by atoms with Crippen molar-refractivity contribution < 1.29 is 19.4 Å². The molecule has 20 heavy (non-hydrogen) atoms. The predicted octanol–water partition coefficient (Wildman–Crippen LogP) is 2.34. The second-order valence-electron chi connectivity index (χ2n) is 5.78. The molecule has 1 aliphatic rings. The summed E-state index contributed by atoms with van der Waals surface area (Å²) >= 11 is 0. The van der Waals surface area contributed by atoms with Crippen molar-refractivity contribution in [2.75, 3.05) is 6.61 Å². The summed E-state index contributed by atoms with van der Waals surface area (Å²) in [5.41, 5.74) is 0. The Morgan fingerprint density at radius 3 is 2.45 bits per heavy atom. The first-order valence-electron chi connectivity index (χ1n) is 7.64. The highest BCUT2D eigenvalue weighted by molar-refractivity contribution is 5.78. The Kier molecular flexibility index (Phi) is 7.59. The van der Waals surface area contributed by atoms with Crippen LogP contribution < -0.4 is 5.32 Å². The third kappa shape index (κ3) is 6.37. The molecule has 1 saturated carbocycles. The minimum absolute atomic E-state index is 0.107. The molecule has 116 valence electrons. The van der Waals surface area contributed by atoms with E-state index in [0.29, 0.717) is 19.4 Å². The molecule has 0 aromatic rings. The number of carboxylic acids is 1. The number of rotatable bonds is 6. The van der Waals surface area contributed by atoms with E-state index >= 15 is 0 Å². The SMILES string of the molecule is CC(C)OCCC(=O)NC1CCCCCCC1C(=O)O. The minimum atomic E-state index is -0.796. The lowest BCUT2D eigenvalue weighted by molar-refractivity contribution is -0.143. The topological polar surface area (TPSA) is 75.6 Å². The van der Waals surface area contributed by atoms with Gasteiger partial charge in [-0.2, -0.15) is 0 Å². The van der Waals surface area contributed by atoms with Crippen LogP contribution in [-0.2, 0) is 14.3 Å². The molecule has 1 fully saturated rings. The van der Waals surface area contributed by atoms with Crippen molar-refractivity contribution in [3.8, 4) is 0 Å². The van der Waals surface area contributed by atoms with E-state index in [4.69, 9.17) is 4.74 Å². The third-order valence-electron chi connectivity index (χ3n) is 3.71. The second-order valence-corrected chi connectivity index (χ2v) is 5.78. The number of carbonyl (C=O) groups excluding carboxylic acids is 1. The number of ether oxygens (including phenoxy) is 1. The van der Waals surface area contributed by atoms with Crippen LogP contribution in [0.2, 0.25) is 0 Å². The molecule has 0 heterocycles. The quantitative estimate of drug-likeness (QED) is 0.785. The molecule has 2 unspecified atom stereocenters. The summed E-state index contributed by atoms with van der Waals surface area (Å²) < 4.78 is 5.34. The third-order valence-corrected chi connectivity index (χ3v) is 3.71. The van der Waals surface area contributed by atoms with Crippen LogP contribution in [0.15, 0.2) is 0 Å². The van der Waals surface area contributed by atoms with E-state index < -0.39 is 11.9 Å². The van der Waals surface area contributed by atoms with Gasteiger partial charge in [0.15, 0.2) is 0 Å². The number of carboxylic acid groups (broad SMARTS) is 1. The van der Waals surface area contributed by atoms with Gasteiger partial charge in [-0.3, -0.25) is 9.59 Å². The van der Waals surface area contributed by atoms with Gasteiger partial charge < -0.3 is 15.2 Å². The maximum atomic E-state index is 11.9. The molecule has 5 nitrogen and oxygen atoms in total. The second kappa shape index (κ2) is 8.95. The average molecular weight is 285 g/mol. The van der Waals surface area contributed by atoms with E-state index in [1.807, 2.05) is 13.8 Å². The molecule has 0 bridgehead atoms. The molecule has 0 saturated heterocycles. The van der Waals surface area contributed by atoms with Gasteiger partial charge in [0.05, 0.1) is 18.6 Å². The fourth-order valence-corrected chi connectivity index (χ4v) is 2.62. The monoisotopic (exact) mass is 285 g/mol. The maximum Gasteiger partial charge on any atom is 0.308 e. The number of amides is 1. The van der Waals surface area contributed by atoms with Crippen LogP contribution in [0.4, 0.5) is 0 Å². The van der Waals surface area contributed by atoms with E-state index in [0.717, 1.165) is 32.1 Å². The van der Waals surface area contributed by atoms with Crippen LogP contribution in [-0.4, -0.2) is 35.7 Å². The van der Waals surface area contributed by atoms with Gasteiger partial charge in [0.1, 0.15) is 0 Å². The fourth-order valence-electron chi connectivity index (χ4n) is 2.62. The Bertz CT molecular complexity index is 317. The van der Waals surface area contributed by atoms with Gasteiger partial charge >= 0.3 is 5.97 Å². The van der Waals surface area contributed by atoms with Gasteiger partial charge in [-0.25, -0.2) is 0 Å². The van der Waals surface area contributed by atoms with Crippen molar-refractivity contribution in [1.29, 1.82) is 0 Å². The molecule has 1 amide bonds. The molecule has 0 aliphatic heterocycles. The highest BCUT2D eigenvalue weighted by Gasteiger charge is 2.29. The van der Waals surface area contributed by atoms with E-state index in [1.54, 1.807) is 0 Å². The maximum absolute atomic E-state index is 11.9. The zero-order valence-corrected chi connectivity index (χ0v) is 12.6. The molecule has 1 aliphatic carbocycles. The van der Waals surface area contributed by atoms with Crippen LogP contribution in [0.25, 0.3) is 0 Å². The van der Waals surface area contributed by atoms with Crippen molar-refractivity contribution in [3.63, 3.8) is 0 Å². The fraction of sp³-hybridized carbons (Fsp3) is 0.867. The van der Waals surface area contributed by atoms with Gasteiger partial charge in [-0.1, -0.05) is 25.7 Å². The summed E-state index contributed by atoms with van der Waals surface area (Å²) in [6.07, 6.45) is 5.94. The van der Waals surface area contributed by atoms with Crippen LogP contribution in [0.3, 0.4) is 0 Å². The number of hydrogen-bond acceptors (Lipinski definition) is 3. The van der Waals surface area contributed by atoms with E-state index in [2.05, 4.69) is 5.32 Å².